The molecule has 0 saturated heterocycles. The number of imidazole rings is 1. The van der Waals surface area contributed by atoms with E-state index in [4.69, 9.17) is 0 Å². The molecule has 118 valence electrons. The van der Waals surface area contributed by atoms with E-state index in [9.17, 15) is 18.0 Å². The third-order valence-electron chi connectivity index (χ3n) is 2.27. The van der Waals surface area contributed by atoms with E-state index in [1.54, 1.807) is 7.05 Å². The number of rotatable bonds is 7. The highest BCUT2D eigenvalue weighted by Crippen LogP contribution is 2.07. The molecule has 1 heterocycles. The van der Waals surface area contributed by atoms with Crippen LogP contribution in [0.1, 0.15) is 13.8 Å². The number of sulfonamides is 1. The molecule has 0 fully saturated rings. The third kappa shape index (κ3) is 4.53. The molecule has 0 atom stereocenters. The molecule has 0 aliphatic rings. The first kappa shape index (κ1) is 17.1. The number of hydrogen-bond acceptors (Lipinski definition) is 7. The maximum absolute atomic E-state index is 12.1. The summed E-state index contributed by atoms with van der Waals surface area (Å²) in [6, 6.07) is -1.77. The van der Waals surface area contributed by atoms with Crippen molar-refractivity contribution in [2.45, 2.75) is 24.9 Å². The number of nitrogens with one attached hydrogen (secondary N) is 1. The predicted molar refractivity (Wildman–Crippen MR) is 70.6 cm³/mol. The zero-order valence-corrected chi connectivity index (χ0v) is 12.7. The maximum Gasteiger partial charge on any atom is 0.335 e. The van der Waals surface area contributed by atoms with Gasteiger partial charge in [0.25, 0.3) is 10.0 Å². The van der Waals surface area contributed by atoms with Gasteiger partial charge in [-0.15, -0.1) is 0 Å². The zero-order valence-electron chi connectivity index (χ0n) is 11.9. The van der Waals surface area contributed by atoms with E-state index in [1.165, 1.54) is 30.9 Å². The lowest BCUT2D eigenvalue weighted by atomic mass is 10.3. The number of aryl methyl sites for hydroxylation is 1. The van der Waals surface area contributed by atoms with Crippen molar-refractivity contribution in [1.29, 1.82) is 0 Å². The second-order valence-electron chi connectivity index (χ2n) is 3.94. The van der Waals surface area contributed by atoms with Crippen LogP contribution >= 0.6 is 0 Å². The Bertz CT molecular complexity index is 591. The highest BCUT2D eigenvalue weighted by atomic mass is 32.2. The SMILES string of the molecule is CCOC(=O)C(NS(=O)(=O)c1cn(C)cn1)C(=O)OCC. The molecule has 0 bridgehead atoms. The molecular weight excluding hydrogens is 302 g/mol. The minimum atomic E-state index is -4.15. The highest BCUT2D eigenvalue weighted by molar-refractivity contribution is 7.89. The minimum absolute atomic E-state index is 0.0000525. The van der Waals surface area contributed by atoms with E-state index in [-0.39, 0.29) is 18.2 Å². The smallest absolute Gasteiger partial charge is 0.335 e. The molecule has 1 aromatic heterocycles. The molecule has 9 nitrogen and oxygen atoms in total. The van der Waals surface area contributed by atoms with Crippen LogP contribution < -0.4 is 4.72 Å². The summed E-state index contributed by atoms with van der Waals surface area (Å²) in [6.07, 6.45) is 2.51. The molecule has 0 aliphatic heterocycles. The van der Waals surface area contributed by atoms with E-state index < -0.39 is 28.0 Å². The lowest BCUT2D eigenvalue weighted by Crippen LogP contribution is -2.48. The van der Waals surface area contributed by atoms with E-state index >= 15 is 0 Å². The molecule has 1 aromatic rings. The first-order valence-electron chi connectivity index (χ1n) is 6.15. The Balaban J connectivity index is 2.99. The highest BCUT2D eigenvalue weighted by Gasteiger charge is 2.35. The van der Waals surface area contributed by atoms with E-state index in [0.29, 0.717) is 0 Å². The minimum Gasteiger partial charge on any atom is -0.464 e. The zero-order chi connectivity index (χ0) is 16.0. The lowest BCUT2D eigenvalue weighted by molar-refractivity contribution is -0.157. The van der Waals surface area contributed by atoms with Gasteiger partial charge in [0.15, 0.2) is 5.03 Å². The Hall–Kier alpha value is -1.94. The van der Waals surface area contributed by atoms with Gasteiger partial charge in [0.05, 0.1) is 19.5 Å². The maximum atomic E-state index is 12.1. The molecular formula is C11H17N3O6S. The van der Waals surface area contributed by atoms with Gasteiger partial charge in [0.2, 0.25) is 6.04 Å². The van der Waals surface area contributed by atoms with E-state index in [1.807, 2.05) is 4.72 Å². The van der Waals surface area contributed by atoms with Crippen LogP contribution in [0.2, 0.25) is 0 Å². The first-order chi connectivity index (χ1) is 9.81. The van der Waals surface area contributed by atoms with Crippen LogP contribution in [0.5, 0.6) is 0 Å². The van der Waals surface area contributed by atoms with Gasteiger partial charge in [-0.3, -0.25) is 0 Å². The van der Waals surface area contributed by atoms with Crippen molar-refractivity contribution < 1.29 is 27.5 Å². The standard InChI is InChI=1S/C11H17N3O6S/c1-4-19-10(15)9(11(16)20-5-2)13-21(17,18)8-6-14(3)7-12-8/h6-7,9,13H,4-5H2,1-3H3. The second kappa shape index (κ2) is 7.18. The topological polar surface area (TPSA) is 117 Å². The van der Waals surface area contributed by atoms with E-state index in [2.05, 4.69) is 14.5 Å². The van der Waals surface area contributed by atoms with Gasteiger partial charge in [0, 0.05) is 13.2 Å². The molecule has 0 aromatic carbocycles. The largest absolute Gasteiger partial charge is 0.464 e. The molecule has 21 heavy (non-hydrogen) atoms. The van der Waals surface area contributed by atoms with Gasteiger partial charge in [-0.1, -0.05) is 0 Å². The van der Waals surface area contributed by atoms with Crippen molar-refractivity contribution in [3.8, 4) is 0 Å². The quantitative estimate of drug-likeness (QED) is 0.516. The molecule has 10 heteroatoms. The van der Waals surface area contributed by atoms with Gasteiger partial charge in [-0.05, 0) is 13.8 Å². The van der Waals surface area contributed by atoms with Gasteiger partial charge in [-0.25, -0.2) is 23.0 Å². The molecule has 0 radical (unpaired) electrons. The molecule has 0 unspecified atom stereocenters. The summed E-state index contributed by atoms with van der Waals surface area (Å²) < 4.78 is 36.8. The third-order valence-corrected chi connectivity index (χ3v) is 3.58. The number of ether oxygens (including phenoxy) is 2. The first-order valence-corrected chi connectivity index (χ1v) is 7.63. The molecule has 0 saturated carbocycles. The average Bonchev–Trinajstić information content (AvgIpc) is 2.84. The summed E-state index contributed by atoms with van der Waals surface area (Å²) in [5, 5.41) is -0.316. The Morgan fingerprint density at radius 2 is 1.81 bits per heavy atom. The molecule has 0 spiro atoms. The fourth-order valence-electron chi connectivity index (χ4n) is 1.39. The van der Waals surface area contributed by atoms with Crippen LogP contribution in [0.25, 0.3) is 0 Å². The van der Waals surface area contributed by atoms with Gasteiger partial charge < -0.3 is 14.0 Å². The van der Waals surface area contributed by atoms with Crippen molar-refractivity contribution in [2.75, 3.05) is 13.2 Å². The van der Waals surface area contributed by atoms with Crippen LogP contribution in [-0.4, -0.2) is 49.2 Å². The van der Waals surface area contributed by atoms with Crippen LogP contribution in [0, 0.1) is 0 Å². The molecule has 1 N–H and O–H groups in total. The van der Waals surface area contributed by atoms with E-state index in [0.717, 1.165) is 0 Å². The summed E-state index contributed by atoms with van der Waals surface area (Å²) in [5.41, 5.74) is 0. The number of carbonyl (C=O) groups is 2. The molecule has 0 amide bonds. The number of hydrogen-bond donors (Lipinski definition) is 1. The monoisotopic (exact) mass is 319 g/mol. The van der Waals surface area contributed by atoms with Crippen molar-refractivity contribution >= 4 is 22.0 Å². The Morgan fingerprint density at radius 3 is 2.19 bits per heavy atom. The van der Waals surface area contributed by atoms with Gasteiger partial charge in [-0.2, -0.15) is 4.72 Å². The van der Waals surface area contributed by atoms with Gasteiger partial charge >= 0.3 is 11.9 Å². The Kier molecular flexibility index (Phi) is 5.85. The molecule has 0 aliphatic carbocycles. The Labute approximate surface area is 122 Å². The van der Waals surface area contributed by atoms with Crippen molar-refractivity contribution in [3.63, 3.8) is 0 Å². The normalized spacial score (nSPS) is 11.4. The fraction of sp³-hybridized carbons (Fsp3) is 0.545. The van der Waals surface area contributed by atoms with Crippen molar-refractivity contribution in [1.82, 2.24) is 14.3 Å². The number of esters is 2. The Morgan fingerprint density at radius 1 is 1.29 bits per heavy atom. The summed E-state index contributed by atoms with van der Waals surface area (Å²) in [5.74, 6) is -2.06. The number of aromatic nitrogens is 2. The lowest BCUT2D eigenvalue weighted by Gasteiger charge is -2.15. The number of carbonyl (C=O) groups excluding carboxylic acids is 2. The van der Waals surface area contributed by atoms with Crippen LogP contribution in [0.15, 0.2) is 17.6 Å². The summed E-state index contributed by atoms with van der Waals surface area (Å²) >= 11 is 0. The number of nitrogens with zero attached hydrogens (tertiary/aromatic N) is 2. The van der Waals surface area contributed by atoms with Crippen molar-refractivity contribution in [3.05, 3.63) is 12.5 Å². The summed E-state index contributed by atoms with van der Waals surface area (Å²) in [4.78, 5) is 27.1. The van der Waals surface area contributed by atoms with Crippen molar-refractivity contribution in [2.24, 2.45) is 7.05 Å². The van der Waals surface area contributed by atoms with Crippen LogP contribution in [0.3, 0.4) is 0 Å². The fourth-order valence-corrected chi connectivity index (χ4v) is 2.50. The van der Waals surface area contributed by atoms with Gasteiger partial charge in [0.1, 0.15) is 0 Å². The van der Waals surface area contributed by atoms with Crippen LogP contribution in [-0.2, 0) is 36.1 Å². The predicted octanol–water partition coefficient (Wildman–Crippen LogP) is -0.807. The summed E-state index contributed by atoms with van der Waals surface area (Å²) in [6.45, 7) is 3.07. The summed E-state index contributed by atoms with van der Waals surface area (Å²) in [7, 11) is -2.57. The average molecular weight is 319 g/mol. The van der Waals surface area contributed by atoms with Crippen LogP contribution in [0.4, 0.5) is 0 Å². The molecule has 1 rings (SSSR count). The second-order valence-corrected chi connectivity index (χ2v) is 5.60.